The maximum Gasteiger partial charge on any atom is 0.412 e. The molecule has 0 radical (unpaired) electrons. The molecule has 7 nitrogen and oxygen atoms in total. The van der Waals surface area contributed by atoms with Crippen molar-refractivity contribution < 1.29 is 14.3 Å². The monoisotopic (exact) mass is 546 g/mol. The molecule has 0 saturated carbocycles. The van der Waals surface area contributed by atoms with Gasteiger partial charge in [-0.15, -0.1) is 24.0 Å². The summed E-state index contributed by atoms with van der Waals surface area (Å²) in [6.07, 6.45) is 0.227. The number of benzene rings is 2. The highest BCUT2D eigenvalue weighted by Crippen LogP contribution is 2.27. The fourth-order valence-corrected chi connectivity index (χ4v) is 2.67. The highest BCUT2D eigenvalue weighted by Gasteiger charge is 2.16. The van der Waals surface area contributed by atoms with Crippen LogP contribution in [-0.4, -0.2) is 31.3 Å². The van der Waals surface area contributed by atoms with Crippen molar-refractivity contribution in [1.82, 2.24) is 0 Å². The van der Waals surface area contributed by atoms with E-state index in [1.54, 1.807) is 19.2 Å². The van der Waals surface area contributed by atoms with E-state index in [4.69, 9.17) is 26.8 Å². The van der Waals surface area contributed by atoms with Gasteiger partial charge in [-0.3, -0.25) is 10.3 Å². The largest absolute Gasteiger partial charge is 0.495 e. The topological polar surface area (TPSA) is 98.0 Å². The molecule has 2 rings (SSSR count). The summed E-state index contributed by atoms with van der Waals surface area (Å²) in [7, 11) is 1.56. The first-order chi connectivity index (χ1) is 13.7. The lowest BCUT2D eigenvalue weighted by Crippen LogP contribution is -2.27. The average Bonchev–Trinajstić information content (AvgIpc) is 2.62. The van der Waals surface area contributed by atoms with Crippen LogP contribution in [0.3, 0.4) is 0 Å². The van der Waals surface area contributed by atoms with E-state index in [9.17, 15) is 4.79 Å². The number of aliphatic imine (C=N–C) groups is 1. The Labute approximate surface area is 199 Å². The molecule has 0 aliphatic carbocycles. The van der Waals surface area contributed by atoms with Crippen molar-refractivity contribution in [3.05, 3.63) is 53.1 Å². The average molecular weight is 547 g/mol. The van der Waals surface area contributed by atoms with Gasteiger partial charge in [0, 0.05) is 17.9 Å². The summed E-state index contributed by atoms with van der Waals surface area (Å²) in [5, 5.41) is 6.19. The number of nitrogens with one attached hydrogen (secondary N) is 2. The maximum absolute atomic E-state index is 11.8. The zero-order valence-corrected chi connectivity index (χ0v) is 20.6. The minimum atomic E-state index is -0.535. The third kappa shape index (κ3) is 9.08. The van der Waals surface area contributed by atoms with Crippen LogP contribution in [0, 0.1) is 0 Å². The highest BCUT2D eigenvalue weighted by atomic mass is 127. The number of nitrogens with zero attached hydrogens (tertiary/aromatic N) is 1. The summed E-state index contributed by atoms with van der Waals surface area (Å²) in [5.41, 5.74) is 7.86. The van der Waals surface area contributed by atoms with E-state index in [1.165, 1.54) is 0 Å². The van der Waals surface area contributed by atoms with E-state index in [0.717, 1.165) is 11.3 Å². The summed E-state index contributed by atoms with van der Waals surface area (Å²) < 4.78 is 10.3. The molecular formula is C21H28ClIN4O3. The van der Waals surface area contributed by atoms with Crippen molar-refractivity contribution in [2.75, 3.05) is 24.3 Å². The third-order valence-corrected chi connectivity index (χ3v) is 4.00. The zero-order valence-electron chi connectivity index (χ0n) is 17.5. The Hall–Kier alpha value is -2.20. The lowest BCUT2D eigenvalue weighted by molar-refractivity contribution is 0.0636. The lowest BCUT2D eigenvalue weighted by Gasteiger charge is -2.19. The molecule has 0 fully saturated rings. The van der Waals surface area contributed by atoms with Gasteiger partial charge in [-0.25, -0.2) is 4.79 Å². The Morgan fingerprint density at radius 3 is 2.30 bits per heavy atom. The number of nitrogens with two attached hydrogens (primary N) is 1. The van der Waals surface area contributed by atoms with Crippen LogP contribution >= 0.6 is 35.6 Å². The standard InChI is InChI=1S/C21H27ClN4O3.HI/c1-21(2,3)29-20(27)26-15-7-5-14(6-8-15)11-12-24-19(23)25-16-9-10-18(28-4)17(22)13-16;/h5-10,13H,11-12H2,1-4H3,(H,26,27)(H3,23,24,25);1H. The third-order valence-electron chi connectivity index (χ3n) is 3.71. The van der Waals surface area contributed by atoms with Crippen LogP contribution in [0.25, 0.3) is 0 Å². The number of carbonyl (C=O) groups is 1. The number of anilines is 2. The number of hydrogen-bond donors (Lipinski definition) is 3. The number of carbonyl (C=O) groups excluding carboxylic acids is 1. The van der Waals surface area contributed by atoms with Crippen LogP contribution in [0.4, 0.5) is 16.2 Å². The molecule has 0 heterocycles. The predicted molar refractivity (Wildman–Crippen MR) is 134 cm³/mol. The quantitative estimate of drug-likeness (QED) is 0.260. The number of halogens is 2. The van der Waals surface area contributed by atoms with E-state index in [1.807, 2.05) is 51.1 Å². The first-order valence-corrected chi connectivity index (χ1v) is 9.53. The van der Waals surface area contributed by atoms with Crippen molar-refractivity contribution in [3.63, 3.8) is 0 Å². The molecule has 0 unspecified atom stereocenters. The second-order valence-corrected chi connectivity index (χ2v) is 7.72. The summed E-state index contributed by atoms with van der Waals surface area (Å²) in [4.78, 5) is 16.1. The van der Waals surface area contributed by atoms with Gasteiger partial charge in [-0.2, -0.15) is 0 Å². The van der Waals surface area contributed by atoms with E-state index in [2.05, 4.69) is 15.6 Å². The highest BCUT2D eigenvalue weighted by molar-refractivity contribution is 14.0. The van der Waals surface area contributed by atoms with Gasteiger partial charge in [-0.1, -0.05) is 23.7 Å². The van der Waals surface area contributed by atoms with Crippen LogP contribution in [0.5, 0.6) is 5.75 Å². The molecule has 0 spiro atoms. The Morgan fingerprint density at radius 2 is 1.73 bits per heavy atom. The fourth-order valence-electron chi connectivity index (χ4n) is 2.41. The second kappa shape index (κ2) is 11.8. The summed E-state index contributed by atoms with van der Waals surface area (Å²) in [6.45, 7) is 5.97. The molecule has 0 aliphatic rings. The van der Waals surface area contributed by atoms with E-state index in [-0.39, 0.29) is 24.0 Å². The SMILES string of the molecule is COc1ccc(NC(N)=NCCc2ccc(NC(=O)OC(C)(C)C)cc2)cc1Cl.I. The first-order valence-electron chi connectivity index (χ1n) is 9.16. The molecule has 0 aliphatic heterocycles. The minimum absolute atomic E-state index is 0. The Balaban J connectivity index is 0.00000450. The van der Waals surface area contributed by atoms with E-state index >= 15 is 0 Å². The molecule has 0 aromatic heterocycles. The van der Waals surface area contributed by atoms with Gasteiger partial charge >= 0.3 is 6.09 Å². The van der Waals surface area contributed by atoms with Crippen LogP contribution in [-0.2, 0) is 11.2 Å². The number of amides is 1. The molecule has 30 heavy (non-hydrogen) atoms. The predicted octanol–water partition coefficient (Wildman–Crippen LogP) is 5.28. The summed E-state index contributed by atoms with van der Waals surface area (Å²) in [6, 6.07) is 12.8. The zero-order chi connectivity index (χ0) is 21.4. The number of hydrogen-bond acceptors (Lipinski definition) is 4. The minimum Gasteiger partial charge on any atom is -0.495 e. The van der Waals surface area contributed by atoms with Crippen molar-refractivity contribution in [1.29, 1.82) is 0 Å². The first kappa shape index (κ1) is 25.8. The van der Waals surface area contributed by atoms with Crippen molar-refractivity contribution >= 4 is 59.0 Å². The molecule has 1 amide bonds. The van der Waals surface area contributed by atoms with E-state index < -0.39 is 11.7 Å². The fraction of sp³-hybridized carbons (Fsp3) is 0.333. The number of guanidine groups is 1. The van der Waals surface area contributed by atoms with Crippen molar-refractivity contribution in [2.24, 2.45) is 10.7 Å². The van der Waals surface area contributed by atoms with E-state index in [0.29, 0.717) is 35.4 Å². The number of ether oxygens (including phenoxy) is 2. The molecular weight excluding hydrogens is 519 g/mol. The van der Waals surface area contributed by atoms with Gasteiger partial charge in [0.05, 0.1) is 12.1 Å². The van der Waals surface area contributed by atoms with Crippen LogP contribution in [0.15, 0.2) is 47.5 Å². The molecule has 4 N–H and O–H groups in total. The molecule has 164 valence electrons. The molecule has 9 heteroatoms. The lowest BCUT2D eigenvalue weighted by atomic mass is 10.1. The maximum atomic E-state index is 11.8. The Morgan fingerprint density at radius 1 is 1.10 bits per heavy atom. The van der Waals surface area contributed by atoms with Gasteiger partial charge in [0.15, 0.2) is 5.96 Å². The molecule has 2 aromatic rings. The van der Waals surface area contributed by atoms with Crippen molar-refractivity contribution in [2.45, 2.75) is 32.8 Å². The Kier molecular flexibility index (Phi) is 10.2. The van der Waals surface area contributed by atoms with Gasteiger partial charge in [-0.05, 0) is 63.1 Å². The van der Waals surface area contributed by atoms with Gasteiger partial charge in [0.25, 0.3) is 0 Å². The molecule has 0 bridgehead atoms. The Bertz CT molecular complexity index is 868. The van der Waals surface area contributed by atoms with Gasteiger partial charge in [0.1, 0.15) is 11.4 Å². The van der Waals surface area contributed by atoms with Crippen LogP contribution in [0.1, 0.15) is 26.3 Å². The normalized spacial score (nSPS) is 11.3. The van der Waals surface area contributed by atoms with Crippen molar-refractivity contribution in [3.8, 4) is 5.75 Å². The molecule has 2 aromatic carbocycles. The number of rotatable bonds is 6. The molecule has 0 saturated heterocycles. The summed E-state index contributed by atoms with van der Waals surface area (Å²) in [5.74, 6) is 0.895. The number of methoxy groups -OCH3 is 1. The van der Waals surface area contributed by atoms with Gasteiger partial charge in [0.2, 0.25) is 0 Å². The summed E-state index contributed by atoms with van der Waals surface area (Å²) >= 11 is 6.09. The van der Waals surface area contributed by atoms with Gasteiger partial charge < -0.3 is 20.5 Å². The van der Waals surface area contributed by atoms with Crippen LogP contribution in [0.2, 0.25) is 5.02 Å². The smallest absolute Gasteiger partial charge is 0.412 e. The second-order valence-electron chi connectivity index (χ2n) is 7.32. The van der Waals surface area contributed by atoms with Crippen LogP contribution < -0.4 is 21.1 Å². The molecule has 0 atom stereocenters.